The first-order valence-corrected chi connectivity index (χ1v) is 9.21. The predicted molar refractivity (Wildman–Crippen MR) is 87.9 cm³/mol. The third-order valence-electron chi connectivity index (χ3n) is 3.46. The maximum Gasteiger partial charge on any atom is 0.243 e. The van der Waals surface area contributed by atoms with Crippen LogP contribution in [0.4, 0.5) is 0 Å². The summed E-state index contributed by atoms with van der Waals surface area (Å²) in [6.45, 7) is 7.85. The highest BCUT2D eigenvalue weighted by Gasteiger charge is 2.25. The number of nitrogens with one attached hydrogen (secondary N) is 1. The van der Waals surface area contributed by atoms with Crippen LogP contribution >= 0.6 is 0 Å². The number of hydrogen-bond acceptors (Lipinski definition) is 3. The van der Waals surface area contributed by atoms with Crippen LogP contribution in [0.15, 0.2) is 23.1 Å². The molecule has 0 bridgehead atoms. The van der Waals surface area contributed by atoms with Crippen LogP contribution in [0.3, 0.4) is 0 Å². The summed E-state index contributed by atoms with van der Waals surface area (Å²) in [7, 11) is -1.54. The fraction of sp³-hybridized carbons (Fsp3) is 0.625. The van der Waals surface area contributed by atoms with Crippen LogP contribution in [-0.4, -0.2) is 32.9 Å². The smallest absolute Gasteiger partial charge is 0.243 e. The average molecular weight is 312 g/mol. The number of sulfonamides is 1. The quantitative estimate of drug-likeness (QED) is 0.763. The van der Waals surface area contributed by atoms with Crippen LogP contribution in [0.5, 0.6) is 0 Å². The van der Waals surface area contributed by atoms with Gasteiger partial charge in [-0.05, 0) is 43.5 Å². The number of rotatable bonds is 9. The monoisotopic (exact) mass is 312 g/mol. The van der Waals surface area contributed by atoms with Crippen molar-refractivity contribution in [3.05, 3.63) is 29.3 Å². The van der Waals surface area contributed by atoms with E-state index >= 15 is 0 Å². The predicted octanol–water partition coefficient (Wildman–Crippen LogP) is 2.78. The zero-order valence-electron chi connectivity index (χ0n) is 13.6. The Kier molecular flexibility index (Phi) is 7.35. The molecule has 0 aromatic heterocycles. The van der Waals surface area contributed by atoms with Crippen molar-refractivity contribution in [2.75, 3.05) is 20.1 Å². The molecule has 1 rings (SSSR count). The second-order valence-corrected chi connectivity index (χ2v) is 7.14. The van der Waals surface area contributed by atoms with Crippen molar-refractivity contribution in [1.29, 1.82) is 0 Å². The van der Waals surface area contributed by atoms with Gasteiger partial charge in [0.1, 0.15) is 0 Å². The summed E-state index contributed by atoms with van der Waals surface area (Å²) in [5, 5.41) is 3.07. The van der Waals surface area contributed by atoms with Gasteiger partial charge in [0.2, 0.25) is 10.0 Å². The first-order valence-electron chi connectivity index (χ1n) is 7.77. The third kappa shape index (κ3) is 4.53. The van der Waals surface area contributed by atoms with Crippen molar-refractivity contribution in [1.82, 2.24) is 9.62 Å². The summed E-state index contributed by atoms with van der Waals surface area (Å²) in [6.07, 6.45) is 2.38. The van der Waals surface area contributed by atoms with E-state index in [1.54, 1.807) is 4.31 Å². The second kappa shape index (κ2) is 8.51. The molecule has 0 heterocycles. The Labute approximate surface area is 129 Å². The normalized spacial score (nSPS) is 12.0. The van der Waals surface area contributed by atoms with E-state index < -0.39 is 10.0 Å². The van der Waals surface area contributed by atoms with Gasteiger partial charge < -0.3 is 5.32 Å². The Hall–Kier alpha value is -0.910. The lowest BCUT2D eigenvalue weighted by atomic mass is 10.1. The Morgan fingerprint density at radius 3 is 2.19 bits per heavy atom. The molecule has 0 aliphatic carbocycles. The second-order valence-electron chi connectivity index (χ2n) is 5.23. The molecule has 1 aromatic carbocycles. The van der Waals surface area contributed by atoms with Gasteiger partial charge in [-0.2, -0.15) is 4.31 Å². The molecular weight excluding hydrogens is 284 g/mol. The summed E-state index contributed by atoms with van der Waals surface area (Å²) in [6, 6.07) is 5.76. The molecule has 0 saturated carbocycles. The van der Waals surface area contributed by atoms with Crippen molar-refractivity contribution in [3.63, 3.8) is 0 Å². The Morgan fingerprint density at radius 2 is 1.71 bits per heavy atom. The summed E-state index contributed by atoms with van der Waals surface area (Å²) >= 11 is 0. The molecule has 1 N–H and O–H groups in total. The zero-order chi connectivity index (χ0) is 15.9. The van der Waals surface area contributed by atoms with E-state index in [-0.39, 0.29) is 0 Å². The third-order valence-corrected chi connectivity index (χ3v) is 5.44. The van der Waals surface area contributed by atoms with E-state index in [0.29, 0.717) is 24.5 Å². The van der Waals surface area contributed by atoms with Gasteiger partial charge >= 0.3 is 0 Å². The van der Waals surface area contributed by atoms with E-state index in [2.05, 4.69) is 5.32 Å². The molecule has 0 amide bonds. The molecule has 5 heteroatoms. The Balaban J connectivity index is 3.29. The van der Waals surface area contributed by atoms with Gasteiger partial charge in [-0.1, -0.05) is 32.9 Å². The fourth-order valence-electron chi connectivity index (χ4n) is 2.44. The van der Waals surface area contributed by atoms with Crippen molar-refractivity contribution >= 4 is 10.0 Å². The zero-order valence-corrected chi connectivity index (χ0v) is 14.5. The molecule has 0 fully saturated rings. The van der Waals surface area contributed by atoms with E-state index in [1.165, 1.54) is 0 Å². The molecule has 21 heavy (non-hydrogen) atoms. The van der Waals surface area contributed by atoms with Gasteiger partial charge in [-0.3, -0.25) is 0 Å². The molecule has 1 aromatic rings. The maximum atomic E-state index is 13.0. The molecule has 0 radical (unpaired) electrons. The van der Waals surface area contributed by atoms with E-state index in [4.69, 9.17) is 0 Å². The number of nitrogens with zero attached hydrogens (tertiary/aromatic N) is 1. The molecule has 0 unspecified atom stereocenters. The minimum absolute atomic E-state index is 0.472. The van der Waals surface area contributed by atoms with Crippen molar-refractivity contribution < 1.29 is 8.42 Å². The van der Waals surface area contributed by atoms with Gasteiger partial charge in [-0.15, -0.1) is 0 Å². The molecule has 0 saturated heterocycles. The van der Waals surface area contributed by atoms with Crippen molar-refractivity contribution in [2.24, 2.45) is 0 Å². The van der Waals surface area contributed by atoms with Gasteiger partial charge in [-0.25, -0.2) is 8.42 Å². The molecule has 0 aliphatic rings. The van der Waals surface area contributed by atoms with Crippen molar-refractivity contribution in [3.8, 4) is 0 Å². The van der Waals surface area contributed by atoms with Gasteiger partial charge in [0.05, 0.1) is 4.90 Å². The largest absolute Gasteiger partial charge is 0.316 e. The van der Waals surface area contributed by atoms with E-state index in [0.717, 1.165) is 30.4 Å². The van der Waals surface area contributed by atoms with Crippen LogP contribution in [0, 0.1) is 0 Å². The number of aryl methyl sites for hydroxylation is 1. The highest BCUT2D eigenvalue weighted by molar-refractivity contribution is 7.89. The van der Waals surface area contributed by atoms with Crippen LogP contribution in [-0.2, 0) is 23.0 Å². The summed E-state index contributed by atoms with van der Waals surface area (Å²) in [5.41, 5.74) is 1.90. The minimum atomic E-state index is -3.40. The number of benzene rings is 1. The first-order chi connectivity index (χ1) is 10.0. The highest BCUT2D eigenvalue weighted by Crippen LogP contribution is 2.23. The highest BCUT2D eigenvalue weighted by atomic mass is 32.2. The maximum absolute atomic E-state index is 13.0. The molecular formula is C16H28N2O2S. The standard InChI is InChI=1S/C16H28N2O2S/c1-5-10-18(11-6-2)21(19,20)16-12-14(13-17-4)8-9-15(16)7-3/h8-9,12,17H,5-7,10-11,13H2,1-4H3. The van der Waals surface area contributed by atoms with E-state index in [9.17, 15) is 8.42 Å². The van der Waals surface area contributed by atoms with E-state index in [1.807, 2.05) is 46.0 Å². The lowest BCUT2D eigenvalue weighted by Gasteiger charge is -2.23. The average Bonchev–Trinajstić information content (AvgIpc) is 2.47. The first kappa shape index (κ1) is 18.1. The minimum Gasteiger partial charge on any atom is -0.316 e. The molecule has 0 atom stereocenters. The summed E-state index contributed by atoms with van der Waals surface area (Å²) < 4.78 is 27.5. The Bertz CT molecular complexity index is 535. The van der Waals surface area contributed by atoms with Gasteiger partial charge in [0.25, 0.3) is 0 Å². The van der Waals surface area contributed by atoms with Gasteiger partial charge in [0.15, 0.2) is 0 Å². The van der Waals surface area contributed by atoms with Gasteiger partial charge in [0, 0.05) is 19.6 Å². The lowest BCUT2D eigenvalue weighted by molar-refractivity contribution is 0.409. The lowest BCUT2D eigenvalue weighted by Crippen LogP contribution is -2.33. The topological polar surface area (TPSA) is 49.4 Å². The molecule has 4 nitrogen and oxygen atoms in total. The number of hydrogen-bond donors (Lipinski definition) is 1. The van der Waals surface area contributed by atoms with Crippen LogP contribution in [0.1, 0.15) is 44.7 Å². The molecule has 120 valence electrons. The van der Waals surface area contributed by atoms with Crippen molar-refractivity contribution in [2.45, 2.75) is 51.5 Å². The SMILES string of the molecule is CCCN(CCC)S(=O)(=O)c1cc(CNC)ccc1CC. The Morgan fingerprint density at radius 1 is 1.10 bits per heavy atom. The fourth-order valence-corrected chi connectivity index (χ4v) is 4.40. The molecule has 0 aliphatic heterocycles. The molecule has 0 spiro atoms. The summed E-state index contributed by atoms with van der Waals surface area (Å²) in [4.78, 5) is 0.472. The van der Waals surface area contributed by atoms with Crippen LogP contribution < -0.4 is 5.32 Å². The van der Waals surface area contributed by atoms with Crippen LogP contribution in [0.2, 0.25) is 0 Å². The summed E-state index contributed by atoms with van der Waals surface area (Å²) in [5.74, 6) is 0. The van der Waals surface area contributed by atoms with Crippen LogP contribution in [0.25, 0.3) is 0 Å².